The van der Waals surface area contributed by atoms with Crippen molar-refractivity contribution in [3.05, 3.63) is 0 Å². The summed E-state index contributed by atoms with van der Waals surface area (Å²) < 4.78 is 0. The molecule has 0 saturated heterocycles. The first-order chi connectivity index (χ1) is 0. The second-order valence-electron chi connectivity index (χ2n) is 0. The van der Waals surface area contributed by atoms with Crippen molar-refractivity contribution in [1.29, 1.82) is 0 Å². The fraction of sp³-hybridized carbons (Fsp3) is 0. The van der Waals surface area contributed by atoms with E-state index in [4.69, 9.17) is 0 Å². The van der Waals surface area contributed by atoms with E-state index < -0.39 is 0 Å². The van der Waals surface area contributed by atoms with Crippen LogP contribution in [0.5, 0.6) is 0 Å². The van der Waals surface area contributed by atoms with Crippen LogP contribution in [0.15, 0.2) is 0 Å². The van der Waals surface area contributed by atoms with Gasteiger partial charge in [0.15, 0.2) is 0 Å². The van der Waals surface area contributed by atoms with E-state index in [9.17, 15) is 0 Å². The van der Waals surface area contributed by atoms with Crippen molar-refractivity contribution in [3.63, 3.8) is 0 Å². The molecule has 0 aliphatic heterocycles. The van der Waals surface area contributed by atoms with Crippen LogP contribution in [-0.4, -0.2) is 0 Å². The van der Waals surface area contributed by atoms with Crippen LogP contribution < -0.4 is 0 Å². The molecule has 0 nitrogen and oxygen atoms in total. The minimum absolute atomic E-state index is 0. The second-order valence-corrected chi connectivity index (χ2v) is 0. The van der Waals surface area contributed by atoms with Gasteiger partial charge in [-0.2, -0.15) is 0 Å². The van der Waals surface area contributed by atoms with Crippen LogP contribution in [0.25, 0.3) is 0 Å². The van der Waals surface area contributed by atoms with Gasteiger partial charge in [-0.1, -0.05) is 0 Å². The van der Waals surface area contributed by atoms with E-state index >= 15 is 0 Å². The quantitative estimate of drug-likeness (QED) is 0.321. The minimum Gasteiger partial charge on any atom is 0 e. The molecule has 0 aromatic carbocycles. The smallest absolute Gasteiger partial charge is 0 e. The summed E-state index contributed by atoms with van der Waals surface area (Å²) in [5, 5.41) is 0. The predicted molar refractivity (Wildman–Crippen MR) is 0 cm³/mol. The van der Waals surface area contributed by atoms with Gasteiger partial charge < -0.3 is 0 Å². The van der Waals surface area contributed by atoms with Crippen molar-refractivity contribution in [2.75, 3.05) is 0 Å². The Balaban J connectivity index is 0. The Morgan fingerprint density at radius 2 is 0.200 bits per heavy atom. The monoisotopic (exact) mass is 1440 g/mol. The molecule has 0 aromatic heterocycles. The molecule has 0 rings (SSSR count). The molecule has 0 amide bonds. The van der Waals surface area contributed by atoms with Crippen molar-refractivity contribution in [3.8, 4) is 0 Å². The molecule has 0 heterocycles. The molecule has 10 heteroatoms. The molecule has 0 bridgehead atoms. The van der Waals surface area contributed by atoms with E-state index in [1.54, 1.807) is 0 Å². The van der Waals surface area contributed by atoms with Crippen LogP contribution in [-0.2, 0) is 92.8 Å². The van der Waals surface area contributed by atoms with Gasteiger partial charge in [0.1, 0.15) is 0 Å². The fourth-order valence-corrected chi connectivity index (χ4v) is 0. The number of rotatable bonds is 0. The Bertz CT molecular complexity index is 10.0. The van der Waals surface area contributed by atoms with Crippen molar-refractivity contribution in [2.24, 2.45) is 0 Å². The van der Waals surface area contributed by atoms with Crippen molar-refractivity contribution in [1.82, 2.24) is 0 Å². The third-order valence-corrected chi connectivity index (χ3v) is 0. The topological polar surface area (TPSA) is 0 Å². The van der Waals surface area contributed by atoms with Crippen LogP contribution in [0.4, 0.5) is 0 Å². The third kappa shape index (κ3) is 55.7. The predicted octanol–water partition coefficient (Wildman–Crippen LogP) is -0.0125. The Labute approximate surface area is 241 Å². The van der Waals surface area contributed by atoms with Crippen molar-refractivity contribution in [2.45, 2.75) is 0 Å². The van der Waals surface area contributed by atoms with E-state index in [1.807, 2.05) is 0 Å². The molecule has 0 N–H and O–H groups in total. The van der Waals surface area contributed by atoms with Gasteiger partial charge in [-0.05, 0) is 0 Å². The Hall–Kier alpha value is 8.18. The second kappa shape index (κ2) is 67.2. The van der Waals surface area contributed by atoms with E-state index in [2.05, 4.69) is 0 Å². The maximum absolute atomic E-state index is 0. The summed E-state index contributed by atoms with van der Waals surface area (Å²) in [6, 6.07) is 0. The molecule has 0 atom stereocenters. The molecular formula is U5V5. The molecule has 0 aromatic rings. The SMILES string of the molecule is [U].[U].[U].[U].[U].[V].[V].[V].[V].[V]. The zero-order valence-electron chi connectivity index (χ0n) is 4.74. The van der Waals surface area contributed by atoms with Crippen LogP contribution in [0.2, 0.25) is 0 Å². The zero-order valence-corrected chi connectivity index (χ0v) is 32.5. The first kappa shape index (κ1) is 80.2. The van der Waals surface area contributed by atoms with Gasteiger partial charge in [-0.25, -0.2) is 0 Å². The van der Waals surface area contributed by atoms with Crippen LogP contribution in [0, 0.1) is 156 Å². The summed E-state index contributed by atoms with van der Waals surface area (Å²) in [5.74, 6) is 0. The van der Waals surface area contributed by atoms with Gasteiger partial charge in [0.2, 0.25) is 0 Å². The summed E-state index contributed by atoms with van der Waals surface area (Å²) >= 11 is 0. The van der Waals surface area contributed by atoms with Gasteiger partial charge in [-0.15, -0.1) is 0 Å². The van der Waals surface area contributed by atoms with Gasteiger partial charge in [0.05, 0.1) is 0 Å². The normalized spacial score (nSPS) is 0. The summed E-state index contributed by atoms with van der Waals surface area (Å²) in [7, 11) is 0. The standard InChI is InChI=1S/5U.5V. The molecule has 0 aliphatic rings. The molecule has 10 heavy (non-hydrogen) atoms. The largest absolute Gasteiger partial charge is 0 e. The molecule has 0 saturated carbocycles. The van der Waals surface area contributed by atoms with Crippen molar-refractivity contribution >= 4 is 0 Å². The summed E-state index contributed by atoms with van der Waals surface area (Å²) in [5.41, 5.74) is 0. The van der Waals surface area contributed by atoms with Crippen LogP contribution in [0.1, 0.15) is 0 Å². The van der Waals surface area contributed by atoms with E-state index in [-0.39, 0.29) is 248 Å². The van der Waals surface area contributed by atoms with E-state index in [0.29, 0.717) is 0 Å². The average molecular weight is 1440 g/mol. The molecule has 0 aliphatic carbocycles. The first-order valence-electron chi connectivity index (χ1n) is 0. The van der Waals surface area contributed by atoms with E-state index in [0.717, 1.165) is 0 Å². The zero-order chi connectivity index (χ0) is 0. The Morgan fingerprint density at radius 3 is 0.200 bits per heavy atom. The molecular weight excluding hydrogens is 1440 g/mol. The van der Waals surface area contributed by atoms with Crippen LogP contribution in [0.3, 0.4) is 0 Å². The summed E-state index contributed by atoms with van der Waals surface area (Å²) in [6.45, 7) is 0. The fourth-order valence-electron chi connectivity index (χ4n) is 0. The average Bonchev–Trinajstić information content (AvgIpc) is 0. The van der Waals surface area contributed by atoms with Gasteiger partial charge >= 0.3 is 0 Å². The maximum atomic E-state index is 0. The van der Waals surface area contributed by atoms with Crippen molar-refractivity contribution < 1.29 is 248 Å². The van der Waals surface area contributed by atoms with Gasteiger partial charge in [0.25, 0.3) is 0 Å². The molecule has 0 unspecified atom stereocenters. The Kier molecular flexibility index (Phi) is 539. The van der Waals surface area contributed by atoms with Crippen LogP contribution >= 0.6 is 0 Å². The molecule has 45 valence electrons. The minimum atomic E-state index is 0. The third-order valence-electron chi connectivity index (χ3n) is 0. The summed E-state index contributed by atoms with van der Waals surface area (Å²) in [4.78, 5) is 0. The number of hydrogen-bond acceptors (Lipinski definition) is 0. The molecule has 5 radical (unpaired) electrons. The maximum Gasteiger partial charge on any atom is 0 e. The van der Waals surface area contributed by atoms with Gasteiger partial charge in [0, 0.05) is 248 Å². The van der Waals surface area contributed by atoms with Gasteiger partial charge in [-0.3, -0.25) is 0 Å². The molecule has 0 fully saturated rings. The summed E-state index contributed by atoms with van der Waals surface area (Å²) in [6.07, 6.45) is 0. The molecule has 0 spiro atoms. The van der Waals surface area contributed by atoms with E-state index in [1.165, 1.54) is 0 Å². The number of hydrogen-bond donors (Lipinski definition) is 0. The first-order valence-corrected chi connectivity index (χ1v) is 0. The Morgan fingerprint density at radius 1 is 0.200 bits per heavy atom.